The monoisotopic (exact) mass is 547 g/mol. The maximum absolute atomic E-state index is 13.9. The van der Waals surface area contributed by atoms with E-state index in [0.717, 1.165) is 9.87 Å². The Balaban J connectivity index is 1.97. The molecule has 1 aliphatic rings. The van der Waals surface area contributed by atoms with Gasteiger partial charge in [0.1, 0.15) is 18.3 Å². The van der Waals surface area contributed by atoms with Gasteiger partial charge in [0, 0.05) is 19.2 Å². The van der Waals surface area contributed by atoms with E-state index < -0.39 is 28.5 Å². The van der Waals surface area contributed by atoms with Crippen LogP contribution < -0.4 is 23.8 Å². The Labute approximate surface area is 224 Å². The summed E-state index contributed by atoms with van der Waals surface area (Å²) >= 11 is 0. The summed E-state index contributed by atoms with van der Waals surface area (Å²) in [5.41, 5.74) is 1.03. The van der Waals surface area contributed by atoms with E-state index in [2.05, 4.69) is 5.32 Å². The van der Waals surface area contributed by atoms with Gasteiger partial charge >= 0.3 is 0 Å². The lowest BCUT2D eigenvalue weighted by molar-refractivity contribution is -0.140. The average molecular weight is 548 g/mol. The number of rotatable bonds is 13. The molecule has 2 aromatic carbocycles. The number of amides is 2. The van der Waals surface area contributed by atoms with Crippen molar-refractivity contribution in [3.63, 3.8) is 0 Å². The summed E-state index contributed by atoms with van der Waals surface area (Å²) in [4.78, 5) is 28.5. The van der Waals surface area contributed by atoms with Crippen molar-refractivity contribution < 1.29 is 32.2 Å². The summed E-state index contributed by atoms with van der Waals surface area (Å²) in [6.07, 6.45) is 0.351. The second kappa shape index (κ2) is 12.9. The van der Waals surface area contributed by atoms with Crippen molar-refractivity contribution in [2.75, 3.05) is 37.1 Å². The van der Waals surface area contributed by atoms with Gasteiger partial charge in [-0.3, -0.25) is 13.9 Å². The number of hydrogen-bond acceptors (Lipinski definition) is 7. The van der Waals surface area contributed by atoms with Crippen molar-refractivity contribution in [1.29, 1.82) is 0 Å². The summed E-state index contributed by atoms with van der Waals surface area (Å²) in [5, 5.41) is 2.91. The summed E-state index contributed by atoms with van der Waals surface area (Å²) in [5.74, 6) is 0.745. The highest BCUT2D eigenvalue weighted by Gasteiger charge is 2.33. The summed E-state index contributed by atoms with van der Waals surface area (Å²) in [6, 6.07) is 11.2. The van der Waals surface area contributed by atoms with Crippen molar-refractivity contribution in [1.82, 2.24) is 10.2 Å². The molecule has 2 aromatic rings. The van der Waals surface area contributed by atoms with Crippen LogP contribution in [0.2, 0.25) is 0 Å². The van der Waals surface area contributed by atoms with Crippen LogP contribution in [0, 0.1) is 5.92 Å². The minimum absolute atomic E-state index is 0.0379. The number of hydrogen-bond donors (Lipinski definition) is 1. The lowest BCUT2D eigenvalue weighted by Gasteiger charge is -2.33. The van der Waals surface area contributed by atoms with Gasteiger partial charge in [0.15, 0.2) is 11.5 Å². The molecule has 208 valence electrons. The Bertz CT molecular complexity index is 1230. The van der Waals surface area contributed by atoms with Gasteiger partial charge in [0.2, 0.25) is 28.6 Å². The first-order chi connectivity index (χ1) is 18.1. The van der Waals surface area contributed by atoms with Crippen molar-refractivity contribution in [3.05, 3.63) is 48.0 Å². The smallest absolute Gasteiger partial charge is 0.244 e. The zero-order chi connectivity index (χ0) is 27.9. The van der Waals surface area contributed by atoms with Gasteiger partial charge in [-0.25, -0.2) is 8.42 Å². The molecule has 1 heterocycles. The molecule has 0 saturated carbocycles. The Morgan fingerprint density at radius 2 is 1.82 bits per heavy atom. The minimum atomic E-state index is -3.85. The number of carbonyl (C=O) groups excluding carboxylic acids is 2. The molecule has 0 aromatic heterocycles. The van der Waals surface area contributed by atoms with Crippen LogP contribution in [0.5, 0.6) is 17.2 Å². The van der Waals surface area contributed by atoms with Crippen molar-refractivity contribution in [2.24, 2.45) is 5.92 Å². The molecule has 2 amide bonds. The molecule has 11 heteroatoms. The molecule has 1 atom stereocenters. The first-order valence-corrected chi connectivity index (χ1v) is 14.3. The number of ether oxygens (including phenoxy) is 3. The van der Waals surface area contributed by atoms with Gasteiger partial charge in [-0.2, -0.15) is 0 Å². The third-order valence-electron chi connectivity index (χ3n) is 6.18. The first kappa shape index (κ1) is 29.1. The molecule has 0 fully saturated rings. The second-order valence-corrected chi connectivity index (χ2v) is 11.6. The highest BCUT2D eigenvalue weighted by Crippen LogP contribution is 2.36. The van der Waals surface area contributed by atoms with Gasteiger partial charge in [-0.15, -0.1) is 0 Å². The van der Waals surface area contributed by atoms with Crippen LogP contribution in [0.15, 0.2) is 42.5 Å². The van der Waals surface area contributed by atoms with Crippen molar-refractivity contribution in [2.45, 2.75) is 46.7 Å². The van der Waals surface area contributed by atoms with E-state index in [1.54, 1.807) is 43.5 Å². The molecule has 1 N–H and O–H groups in total. The number of methoxy groups -OCH3 is 1. The number of nitrogens with one attached hydrogen (secondary N) is 1. The van der Waals surface area contributed by atoms with E-state index in [4.69, 9.17) is 14.2 Å². The number of nitrogens with zero attached hydrogens (tertiary/aromatic N) is 2. The zero-order valence-corrected chi connectivity index (χ0v) is 23.4. The van der Waals surface area contributed by atoms with Gasteiger partial charge in [-0.05, 0) is 49.1 Å². The summed E-state index contributed by atoms with van der Waals surface area (Å²) in [7, 11) is -2.30. The Hall–Kier alpha value is -3.47. The lowest BCUT2D eigenvalue weighted by Crippen LogP contribution is -2.52. The molecular weight excluding hydrogens is 510 g/mol. The highest BCUT2D eigenvalue weighted by atomic mass is 32.2. The van der Waals surface area contributed by atoms with Crippen LogP contribution in [0.25, 0.3) is 0 Å². The van der Waals surface area contributed by atoms with Gasteiger partial charge in [-0.1, -0.05) is 32.9 Å². The molecule has 0 aliphatic carbocycles. The molecule has 3 rings (SSSR count). The lowest BCUT2D eigenvalue weighted by atomic mass is 10.1. The molecule has 10 nitrogen and oxygen atoms in total. The summed E-state index contributed by atoms with van der Waals surface area (Å²) in [6.45, 7) is 7.43. The topological polar surface area (TPSA) is 114 Å². The van der Waals surface area contributed by atoms with E-state index in [0.29, 0.717) is 30.2 Å². The maximum Gasteiger partial charge on any atom is 0.244 e. The van der Waals surface area contributed by atoms with Crippen LogP contribution in [-0.2, 0) is 26.2 Å². The van der Waals surface area contributed by atoms with Gasteiger partial charge in [0.05, 0.1) is 18.6 Å². The van der Waals surface area contributed by atoms with Crippen LogP contribution in [0.3, 0.4) is 0 Å². The number of anilines is 1. The molecule has 0 bridgehead atoms. The molecule has 0 saturated heterocycles. The largest absolute Gasteiger partial charge is 0.497 e. The predicted molar refractivity (Wildman–Crippen MR) is 145 cm³/mol. The SMILES string of the molecule is CCC(C(=O)NCC(C)C)N(Cc1cccc(OC)c1)C(=O)CN(c1ccc2c(c1)OCO2)S(=O)(=O)CC. The predicted octanol–water partition coefficient (Wildman–Crippen LogP) is 3.16. The number of carbonyl (C=O) groups is 2. The normalized spacial score (nSPS) is 13.2. The fourth-order valence-electron chi connectivity index (χ4n) is 4.07. The molecular formula is C27H37N3O7S. The minimum Gasteiger partial charge on any atom is -0.497 e. The van der Waals surface area contributed by atoms with E-state index in [1.165, 1.54) is 11.8 Å². The molecule has 1 unspecified atom stereocenters. The Kier molecular flexibility index (Phi) is 9.84. The van der Waals surface area contributed by atoms with Crippen LogP contribution in [0.4, 0.5) is 5.69 Å². The van der Waals surface area contributed by atoms with Crippen LogP contribution in [0.1, 0.15) is 39.7 Å². The van der Waals surface area contributed by atoms with Gasteiger partial charge < -0.3 is 24.4 Å². The molecule has 0 radical (unpaired) electrons. The third-order valence-corrected chi connectivity index (χ3v) is 7.92. The quantitative estimate of drug-likeness (QED) is 0.410. The molecule has 0 spiro atoms. The summed E-state index contributed by atoms with van der Waals surface area (Å²) < 4.78 is 43.4. The van der Waals surface area contributed by atoms with Gasteiger partial charge in [0.25, 0.3) is 0 Å². The Morgan fingerprint density at radius 1 is 1.08 bits per heavy atom. The maximum atomic E-state index is 13.9. The number of fused-ring (bicyclic) bond motifs is 1. The second-order valence-electron chi connectivity index (χ2n) is 9.38. The van der Waals surface area contributed by atoms with E-state index in [9.17, 15) is 18.0 Å². The highest BCUT2D eigenvalue weighted by molar-refractivity contribution is 7.92. The van der Waals surface area contributed by atoms with Crippen LogP contribution >= 0.6 is 0 Å². The number of sulfonamides is 1. The average Bonchev–Trinajstić information content (AvgIpc) is 3.38. The van der Waals surface area contributed by atoms with E-state index >= 15 is 0 Å². The molecule has 1 aliphatic heterocycles. The fraction of sp³-hybridized carbons (Fsp3) is 0.481. The fourth-order valence-corrected chi connectivity index (χ4v) is 5.12. The zero-order valence-electron chi connectivity index (χ0n) is 22.6. The van der Waals surface area contributed by atoms with Crippen molar-refractivity contribution in [3.8, 4) is 17.2 Å². The first-order valence-electron chi connectivity index (χ1n) is 12.7. The number of benzene rings is 2. The van der Waals surface area contributed by atoms with Crippen molar-refractivity contribution >= 4 is 27.5 Å². The van der Waals surface area contributed by atoms with E-state index in [1.807, 2.05) is 26.8 Å². The van der Waals surface area contributed by atoms with Crippen LogP contribution in [-0.4, -0.2) is 63.9 Å². The standard InChI is InChI=1S/C27H37N3O7S/c1-6-23(27(32)28-15-19(3)4)29(16-20-9-8-10-22(13-20)35-5)26(31)17-30(38(33,34)7-2)21-11-12-24-25(14-21)37-18-36-24/h8-14,19,23H,6-7,15-18H2,1-5H3,(H,28,32). The third kappa shape index (κ3) is 7.09. The Morgan fingerprint density at radius 3 is 2.47 bits per heavy atom. The van der Waals surface area contributed by atoms with E-state index in [-0.39, 0.29) is 36.6 Å². The molecule has 38 heavy (non-hydrogen) atoms.